The predicted octanol–water partition coefficient (Wildman–Crippen LogP) is 2.59. The summed E-state index contributed by atoms with van der Waals surface area (Å²) in [5.41, 5.74) is 5.34. The van der Waals surface area contributed by atoms with Gasteiger partial charge in [0.25, 0.3) is 0 Å². The molecule has 0 aliphatic rings. The Morgan fingerprint density at radius 2 is 1.74 bits per heavy atom. The summed E-state index contributed by atoms with van der Waals surface area (Å²) >= 11 is 5.04. The highest BCUT2D eigenvalue weighted by Gasteiger charge is 2.16. The van der Waals surface area contributed by atoms with Gasteiger partial charge in [0.1, 0.15) is 5.60 Å². The van der Waals surface area contributed by atoms with E-state index in [1.54, 1.807) is 52.0 Å². The molecule has 8 heteroatoms. The lowest BCUT2D eigenvalue weighted by Crippen LogP contribution is -2.45. The zero-order chi connectivity index (χ0) is 17.5. The van der Waals surface area contributed by atoms with Crippen LogP contribution in [0.2, 0.25) is 0 Å². The van der Waals surface area contributed by atoms with Crippen molar-refractivity contribution < 1.29 is 19.1 Å². The first-order chi connectivity index (χ1) is 10.7. The summed E-state index contributed by atoms with van der Waals surface area (Å²) in [4.78, 5) is 23.0. The Kier molecular flexibility index (Phi) is 6.77. The van der Waals surface area contributed by atoms with Crippen molar-refractivity contribution in [3.05, 3.63) is 29.8 Å². The summed E-state index contributed by atoms with van der Waals surface area (Å²) in [6.45, 7) is 7.34. The maximum Gasteiger partial charge on any atom is 0.426 e. The van der Waals surface area contributed by atoms with Gasteiger partial charge in [-0.05, 0) is 64.2 Å². The number of amides is 1. The molecule has 1 amide bonds. The van der Waals surface area contributed by atoms with Gasteiger partial charge < -0.3 is 14.8 Å². The van der Waals surface area contributed by atoms with E-state index in [0.717, 1.165) is 0 Å². The maximum atomic E-state index is 11.5. The first kappa shape index (κ1) is 18.7. The number of hydrogen-bond donors (Lipinski definition) is 3. The number of hydrogen-bond acceptors (Lipinski definition) is 5. The van der Waals surface area contributed by atoms with E-state index < -0.39 is 11.7 Å². The summed E-state index contributed by atoms with van der Waals surface area (Å²) in [7, 11) is 0. The Morgan fingerprint density at radius 3 is 2.26 bits per heavy atom. The van der Waals surface area contributed by atoms with Gasteiger partial charge in [0, 0.05) is 5.69 Å². The van der Waals surface area contributed by atoms with Crippen molar-refractivity contribution in [2.45, 2.75) is 33.3 Å². The topological polar surface area (TPSA) is 88.7 Å². The molecule has 7 nitrogen and oxygen atoms in total. The molecule has 0 unspecified atom stereocenters. The fourth-order valence-corrected chi connectivity index (χ4v) is 1.65. The van der Waals surface area contributed by atoms with E-state index in [-0.39, 0.29) is 11.1 Å². The number of anilines is 1. The van der Waals surface area contributed by atoms with Crippen LogP contribution in [-0.2, 0) is 9.47 Å². The van der Waals surface area contributed by atoms with E-state index in [1.807, 2.05) is 0 Å². The van der Waals surface area contributed by atoms with Crippen molar-refractivity contribution in [1.82, 2.24) is 10.9 Å². The van der Waals surface area contributed by atoms with Crippen molar-refractivity contribution in [2.75, 3.05) is 11.9 Å². The summed E-state index contributed by atoms with van der Waals surface area (Å²) < 4.78 is 9.95. The smallest absolute Gasteiger partial charge is 0.426 e. The highest BCUT2D eigenvalue weighted by atomic mass is 32.1. The first-order valence-electron chi connectivity index (χ1n) is 7.04. The monoisotopic (exact) mass is 339 g/mol. The third kappa shape index (κ3) is 7.46. The van der Waals surface area contributed by atoms with E-state index in [9.17, 15) is 9.59 Å². The number of carbonyl (C=O) groups excluding carboxylic acids is 2. The molecule has 0 saturated carbocycles. The normalized spacial score (nSPS) is 10.4. The predicted molar refractivity (Wildman–Crippen MR) is 91.1 cm³/mol. The molecule has 23 heavy (non-hydrogen) atoms. The average Bonchev–Trinajstić information content (AvgIpc) is 2.44. The fourth-order valence-electron chi connectivity index (χ4n) is 1.48. The molecule has 0 aliphatic heterocycles. The molecule has 0 bridgehead atoms. The second kappa shape index (κ2) is 8.33. The quantitative estimate of drug-likeness (QED) is 0.443. The van der Waals surface area contributed by atoms with Crippen LogP contribution in [0.1, 0.15) is 38.1 Å². The van der Waals surface area contributed by atoms with Crippen LogP contribution in [0, 0.1) is 0 Å². The van der Waals surface area contributed by atoms with Gasteiger partial charge in [0.05, 0.1) is 12.2 Å². The number of thiocarbonyl (C=S) groups is 1. The van der Waals surface area contributed by atoms with Crippen molar-refractivity contribution in [3.8, 4) is 0 Å². The van der Waals surface area contributed by atoms with E-state index in [2.05, 4.69) is 16.2 Å². The fraction of sp³-hybridized carbons (Fsp3) is 0.400. The van der Waals surface area contributed by atoms with Crippen LogP contribution in [0.25, 0.3) is 0 Å². The van der Waals surface area contributed by atoms with Gasteiger partial charge in [-0.2, -0.15) is 0 Å². The molecule has 0 aliphatic carbocycles. The molecule has 3 N–H and O–H groups in total. The number of rotatable bonds is 3. The molecule has 0 spiro atoms. The standard InChI is InChI=1S/C15H21N3O4S/c1-5-21-12(19)10-6-8-11(9-7-10)16-13(23)17-18-14(20)22-15(2,3)4/h6-9H,5H2,1-4H3,(H,18,20)(H2,16,17,23). The van der Waals surface area contributed by atoms with Crippen LogP contribution in [0.4, 0.5) is 10.5 Å². The molecule has 0 saturated heterocycles. The summed E-state index contributed by atoms with van der Waals surface area (Å²) in [6, 6.07) is 6.58. The Morgan fingerprint density at radius 1 is 1.13 bits per heavy atom. The van der Waals surface area contributed by atoms with E-state index in [0.29, 0.717) is 17.9 Å². The van der Waals surface area contributed by atoms with Crippen molar-refractivity contribution >= 4 is 35.1 Å². The van der Waals surface area contributed by atoms with Crippen LogP contribution >= 0.6 is 12.2 Å². The van der Waals surface area contributed by atoms with Crippen molar-refractivity contribution in [2.24, 2.45) is 0 Å². The number of benzene rings is 1. The minimum Gasteiger partial charge on any atom is -0.462 e. The molecule has 1 aromatic carbocycles. The largest absolute Gasteiger partial charge is 0.462 e. The second-order valence-corrected chi connectivity index (χ2v) is 5.91. The Balaban J connectivity index is 2.45. The third-order valence-electron chi connectivity index (χ3n) is 2.33. The zero-order valence-corrected chi connectivity index (χ0v) is 14.4. The summed E-state index contributed by atoms with van der Waals surface area (Å²) in [6.07, 6.45) is -0.640. The molecule has 0 radical (unpaired) electrons. The lowest BCUT2D eigenvalue weighted by Gasteiger charge is -2.20. The third-order valence-corrected chi connectivity index (χ3v) is 2.54. The minimum atomic E-state index is -0.640. The first-order valence-corrected chi connectivity index (χ1v) is 7.45. The number of nitrogens with one attached hydrogen (secondary N) is 3. The molecule has 1 aromatic rings. The van der Waals surface area contributed by atoms with Gasteiger partial charge in [0.15, 0.2) is 5.11 Å². The molecule has 0 aromatic heterocycles. The van der Waals surface area contributed by atoms with Crippen LogP contribution in [0.5, 0.6) is 0 Å². The minimum absolute atomic E-state index is 0.180. The summed E-state index contributed by atoms with van der Waals surface area (Å²) in [5.74, 6) is -0.383. The van der Waals surface area contributed by atoms with Gasteiger partial charge in [-0.3, -0.25) is 5.43 Å². The number of hydrazine groups is 1. The van der Waals surface area contributed by atoms with Crippen LogP contribution < -0.4 is 16.2 Å². The summed E-state index contributed by atoms with van der Waals surface area (Å²) in [5, 5.41) is 3.04. The molecular formula is C15H21N3O4S. The molecule has 0 atom stereocenters. The number of carbonyl (C=O) groups is 2. The van der Waals surface area contributed by atoms with Crippen LogP contribution in [-0.4, -0.2) is 29.4 Å². The second-order valence-electron chi connectivity index (χ2n) is 5.50. The van der Waals surface area contributed by atoms with Gasteiger partial charge in [-0.1, -0.05) is 0 Å². The van der Waals surface area contributed by atoms with Crippen LogP contribution in [0.3, 0.4) is 0 Å². The molecule has 0 fully saturated rings. The Labute approximate surface area is 140 Å². The lowest BCUT2D eigenvalue weighted by atomic mass is 10.2. The van der Waals surface area contributed by atoms with E-state index in [4.69, 9.17) is 21.7 Å². The Bertz CT molecular complexity index is 567. The van der Waals surface area contributed by atoms with E-state index >= 15 is 0 Å². The van der Waals surface area contributed by atoms with Gasteiger partial charge in [-0.15, -0.1) is 0 Å². The molecule has 0 heterocycles. The Hall–Kier alpha value is -2.35. The maximum absolute atomic E-state index is 11.5. The van der Waals surface area contributed by atoms with E-state index in [1.165, 1.54) is 0 Å². The highest BCUT2D eigenvalue weighted by Crippen LogP contribution is 2.10. The number of ether oxygens (including phenoxy) is 2. The average molecular weight is 339 g/mol. The molecule has 1 rings (SSSR count). The van der Waals surface area contributed by atoms with Crippen molar-refractivity contribution in [1.29, 1.82) is 0 Å². The van der Waals surface area contributed by atoms with Gasteiger partial charge >= 0.3 is 12.1 Å². The van der Waals surface area contributed by atoms with Gasteiger partial charge in [0.2, 0.25) is 0 Å². The highest BCUT2D eigenvalue weighted by molar-refractivity contribution is 7.80. The van der Waals surface area contributed by atoms with Gasteiger partial charge in [-0.25, -0.2) is 15.0 Å². The lowest BCUT2D eigenvalue weighted by molar-refractivity contribution is 0.0507. The molecular weight excluding hydrogens is 318 g/mol. The SMILES string of the molecule is CCOC(=O)c1ccc(NC(=S)NNC(=O)OC(C)(C)C)cc1. The molecule has 126 valence electrons. The van der Waals surface area contributed by atoms with Crippen LogP contribution in [0.15, 0.2) is 24.3 Å². The zero-order valence-electron chi connectivity index (χ0n) is 13.6. The van der Waals surface area contributed by atoms with Crippen molar-refractivity contribution in [3.63, 3.8) is 0 Å². The number of esters is 1.